The minimum Gasteiger partial charge on any atom is -0.513 e. The van der Waals surface area contributed by atoms with Crippen molar-refractivity contribution >= 4 is 23.2 Å². The first-order valence-electron chi connectivity index (χ1n) is 6.39. The molecule has 0 aliphatic carbocycles. The monoisotopic (exact) mass is 281 g/mol. The maximum absolute atomic E-state index is 12.0. The van der Waals surface area contributed by atoms with Gasteiger partial charge in [-0.05, 0) is 37.1 Å². The van der Waals surface area contributed by atoms with Gasteiger partial charge in [0, 0.05) is 30.6 Å². The average Bonchev–Trinajstić information content (AvgIpc) is 2.37. The SMILES string of the molecule is C=C(O)CCCCCC(=O)N(C)c1ccc(Cl)cc1. The largest absolute Gasteiger partial charge is 0.513 e. The second-order valence-electron chi connectivity index (χ2n) is 4.56. The predicted octanol–water partition coefficient (Wildman–Crippen LogP) is 4.33. The molecular weight excluding hydrogens is 262 g/mol. The van der Waals surface area contributed by atoms with Gasteiger partial charge in [0.15, 0.2) is 0 Å². The molecule has 1 N–H and O–H groups in total. The Morgan fingerprint density at radius 2 is 1.79 bits per heavy atom. The van der Waals surface area contributed by atoms with Crippen LogP contribution in [0.2, 0.25) is 5.02 Å². The zero-order valence-electron chi connectivity index (χ0n) is 11.2. The molecular formula is C15H20ClNO2. The molecule has 104 valence electrons. The number of hydrogen-bond donors (Lipinski definition) is 1. The van der Waals surface area contributed by atoms with Gasteiger partial charge in [-0.2, -0.15) is 0 Å². The van der Waals surface area contributed by atoms with Crippen molar-refractivity contribution in [2.75, 3.05) is 11.9 Å². The number of carbonyl (C=O) groups excluding carboxylic acids is 1. The highest BCUT2D eigenvalue weighted by Crippen LogP contribution is 2.18. The minimum atomic E-state index is 0.0881. The number of unbranched alkanes of at least 4 members (excludes halogenated alkanes) is 2. The van der Waals surface area contributed by atoms with Crippen LogP contribution in [0.5, 0.6) is 0 Å². The smallest absolute Gasteiger partial charge is 0.226 e. The summed E-state index contributed by atoms with van der Waals surface area (Å²) in [7, 11) is 1.77. The molecule has 0 heterocycles. The lowest BCUT2D eigenvalue weighted by Gasteiger charge is -2.17. The van der Waals surface area contributed by atoms with Crippen molar-refractivity contribution in [2.45, 2.75) is 32.1 Å². The van der Waals surface area contributed by atoms with Gasteiger partial charge in [0.2, 0.25) is 5.91 Å². The van der Waals surface area contributed by atoms with Crippen LogP contribution in [0, 0.1) is 0 Å². The summed E-state index contributed by atoms with van der Waals surface area (Å²) < 4.78 is 0. The Morgan fingerprint density at radius 1 is 1.21 bits per heavy atom. The van der Waals surface area contributed by atoms with E-state index in [9.17, 15) is 4.79 Å². The van der Waals surface area contributed by atoms with Gasteiger partial charge in [-0.3, -0.25) is 4.79 Å². The minimum absolute atomic E-state index is 0.0881. The topological polar surface area (TPSA) is 40.5 Å². The lowest BCUT2D eigenvalue weighted by atomic mass is 10.1. The molecule has 0 spiro atoms. The molecule has 0 unspecified atom stereocenters. The van der Waals surface area contributed by atoms with Gasteiger partial charge < -0.3 is 10.0 Å². The van der Waals surface area contributed by atoms with Crippen LogP contribution in [0.15, 0.2) is 36.6 Å². The summed E-state index contributed by atoms with van der Waals surface area (Å²) in [6, 6.07) is 7.20. The Bertz CT molecular complexity index is 428. The molecule has 1 aromatic carbocycles. The molecule has 0 bridgehead atoms. The second kappa shape index (κ2) is 7.85. The van der Waals surface area contributed by atoms with Crippen molar-refractivity contribution in [3.8, 4) is 0 Å². The Labute approximate surface area is 119 Å². The highest BCUT2D eigenvalue weighted by Gasteiger charge is 2.10. The molecule has 0 saturated carbocycles. The number of carbonyl (C=O) groups is 1. The number of aliphatic hydroxyl groups is 1. The van der Waals surface area contributed by atoms with Gasteiger partial charge in [-0.1, -0.05) is 24.6 Å². The van der Waals surface area contributed by atoms with E-state index < -0.39 is 0 Å². The zero-order valence-corrected chi connectivity index (χ0v) is 12.0. The molecule has 1 rings (SSSR count). The fourth-order valence-corrected chi connectivity index (χ4v) is 1.88. The van der Waals surface area contributed by atoms with Crippen LogP contribution in [0.25, 0.3) is 0 Å². The van der Waals surface area contributed by atoms with Crippen LogP contribution in [0.1, 0.15) is 32.1 Å². The molecule has 0 aliphatic heterocycles. The lowest BCUT2D eigenvalue weighted by Crippen LogP contribution is -2.25. The van der Waals surface area contributed by atoms with E-state index in [1.165, 1.54) is 0 Å². The third-order valence-electron chi connectivity index (χ3n) is 2.94. The average molecular weight is 282 g/mol. The fourth-order valence-electron chi connectivity index (χ4n) is 1.76. The van der Waals surface area contributed by atoms with E-state index >= 15 is 0 Å². The van der Waals surface area contributed by atoms with Gasteiger partial charge in [0.25, 0.3) is 0 Å². The molecule has 3 nitrogen and oxygen atoms in total. The van der Waals surface area contributed by atoms with Crippen molar-refractivity contribution in [1.29, 1.82) is 0 Å². The maximum Gasteiger partial charge on any atom is 0.226 e. The van der Waals surface area contributed by atoms with Crippen molar-refractivity contribution < 1.29 is 9.90 Å². The quantitative estimate of drug-likeness (QED) is 0.597. The van der Waals surface area contributed by atoms with Crippen LogP contribution in [0.3, 0.4) is 0 Å². The summed E-state index contributed by atoms with van der Waals surface area (Å²) in [6.07, 6.45) is 3.73. The molecule has 0 aliphatic rings. The van der Waals surface area contributed by atoms with Gasteiger partial charge in [0.1, 0.15) is 0 Å². The number of benzene rings is 1. The van der Waals surface area contributed by atoms with Crippen molar-refractivity contribution in [3.63, 3.8) is 0 Å². The number of rotatable bonds is 7. The molecule has 0 saturated heterocycles. The van der Waals surface area contributed by atoms with E-state index in [0.717, 1.165) is 24.9 Å². The first-order valence-corrected chi connectivity index (χ1v) is 6.77. The Hall–Kier alpha value is -1.48. The molecule has 1 aromatic rings. The van der Waals surface area contributed by atoms with Crippen LogP contribution in [-0.2, 0) is 4.79 Å². The molecule has 0 radical (unpaired) electrons. The lowest BCUT2D eigenvalue weighted by molar-refractivity contribution is -0.118. The number of aliphatic hydroxyl groups excluding tert-OH is 1. The Morgan fingerprint density at radius 3 is 2.37 bits per heavy atom. The number of halogens is 1. The summed E-state index contributed by atoms with van der Waals surface area (Å²) in [5.74, 6) is 0.301. The number of nitrogens with zero attached hydrogens (tertiary/aromatic N) is 1. The first-order chi connectivity index (χ1) is 9.00. The molecule has 4 heteroatoms. The van der Waals surface area contributed by atoms with Gasteiger partial charge in [-0.25, -0.2) is 0 Å². The first kappa shape index (κ1) is 15.6. The van der Waals surface area contributed by atoms with Gasteiger partial charge >= 0.3 is 0 Å². The molecule has 19 heavy (non-hydrogen) atoms. The Kier molecular flexibility index (Phi) is 6.43. The van der Waals surface area contributed by atoms with Crippen molar-refractivity contribution in [3.05, 3.63) is 41.6 Å². The van der Waals surface area contributed by atoms with Gasteiger partial charge in [-0.15, -0.1) is 0 Å². The van der Waals surface area contributed by atoms with E-state index in [-0.39, 0.29) is 11.7 Å². The molecule has 0 aromatic heterocycles. The van der Waals surface area contributed by atoms with E-state index in [0.29, 0.717) is 17.9 Å². The summed E-state index contributed by atoms with van der Waals surface area (Å²) in [6.45, 7) is 3.43. The summed E-state index contributed by atoms with van der Waals surface area (Å²) in [5.41, 5.74) is 0.845. The second-order valence-corrected chi connectivity index (χ2v) is 4.99. The predicted molar refractivity (Wildman–Crippen MR) is 79.7 cm³/mol. The Balaban J connectivity index is 2.32. The van der Waals surface area contributed by atoms with E-state index in [1.807, 2.05) is 12.1 Å². The third-order valence-corrected chi connectivity index (χ3v) is 3.20. The fraction of sp³-hybridized carbons (Fsp3) is 0.400. The number of hydrogen-bond acceptors (Lipinski definition) is 2. The van der Waals surface area contributed by atoms with Crippen molar-refractivity contribution in [1.82, 2.24) is 0 Å². The van der Waals surface area contributed by atoms with Crippen LogP contribution in [-0.4, -0.2) is 18.1 Å². The number of allylic oxidation sites excluding steroid dienone is 1. The van der Waals surface area contributed by atoms with Gasteiger partial charge in [0.05, 0.1) is 5.76 Å². The molecule has 0 atom stereocenters. The van der Waals surface area contributed by atoms with E-state index in [4.69, 9.17) is 16.7 Å². The highest BCUT2D eigenvalue weighted by atomic mass is 35.5. The molecule has 1 amide bonds. The zero-order chi connectivity index (χ0) is 14.3. The van der Waals surface area contributed by atoms with E-state index in [1.54, 1.807) is 24.1 Å². The number of anilines is 1. The third kappa shape index (κ3) is 5.79. The number of amides is 1. The van der Waals surface area contributed by atoms with Crippen LogP contribution >= 0.6 is 11.6 Å². The van der Waals surface area contributed by atoms with Crippen LogP contribution < -0.4 is 4.90 Å². The highest BCUT2D eigenvalue weighted by molar-refractivity contribution is 6.30. The summed E-state index contributed by atoms with van der Waals surface area (Å²) >= 11 is 5.81. The van der Waals surface area contributed by atoms with Crippen LogP contribution in [0.4, 0.5) is 5.69 Å². The standard InChI is InChI=1S/C15H20ClNO2/c1-12(18)6-4-3-5-7-15(19)17(2)14-10-8-13(16)9-11-14/h8-11,18H,1,3-7H2,2H3. The summed E-state index contributed by atoms with van der Waals surface area (Å²) in [4.78, 5) is 13.6. The van der Waals surface area contributed by atoms with Crippen molar-refractivity contribution in [2.24, 2.45) is 0 Å². The summed E-state index contributed by atoms with van der Waals surface area (Å²) in [5, 5.41) is 9.60. The van der Waals surface area contributed by atoms with E-state index in [2.05, 4.69) is 6.58 Å². The maximum atomic E-state index is 12.0. The normalized spacial score (nSPS) is 10.2. The molecule has 0 fully saturated rings.